The molecule has 0 unspecified atom stereocenters. The van der Waals surface area contributed by atoms with E-state index in [0.717, 1.165) is 5.56 Å². The van der Waals surface area contributed by atoms with Crippen LogP contribution >= 0.6 is 15.9 Å². The average molecular weight is 444 g/mol. The van der Waals surface area contributed by atoms with Crippen LogP contribution in [0.4, 0.5) is 10.1 Å². The largest absolute Gasteiger partial charge is 0.489 e. The minimum absolute atomic E-state index is 0.333. The van der Waals surface area contributed by atoms with Gasteiger partial charge in [0, 0.05) is 11.3 Å². The Morgan fingerprint density at radius 1 is 1.04 bits per heavy atom. The quantitative estimate of drug-likeness (QED) is 0.500. The van der Waals surface area contributed by atoms with Crippen molar-refractivity contribution in [2.24, 2.45) is 0 Å². The molecular formula is C22H19BrFNO3. The van der Waals surface area contributed by atoms with E-state index >= 15 is 0 Å². The van der Waals surface area contributed by atoms with Crippen LogP contribution in [0.1, 0.15) is 22.8 Å². The highest BCUT2D eigenvalue weighted by atomic mass is 79.9. The number of hydrogen-bond acceptors (Lipinski definition) is 3. The lowest BCUT2D eigenvalue weighted by Gasteiger charge is -2.15. The van der Waals surface area contributed by atoms with Gasteiger partial charge in [-0.1, -0.05) is 30.3 Å². The molecule has 0 aromatic heterocycles. The summed E-state index contributed by atoms with van der Waals surface area (Å²) in [5.41, 5.74) is 1.90. The van der Waals surface area contributed by atoms with Gasteiger partial charge in [-0.3, -0.25) is 4.79 Å². The summed E-state index contributed by atoms with van der Waals surface area (Å²) < 4.78 is 25.3. The van der Waals surface area contributed by atoms with Crippen LogP contribution in [0.15, 0.2) is 71.2 Å². The van der Waals surface area contributed by atoms with Crippen LogP contribution in [0.3, 0.4) is 0 Å². The number of halogens is 2. The zero-order chi connectivity index (χ0) is 19.9. The van der Waals surface area contributed by atoms with Gasteiger partial charge < -0.3 is 14.8 Å². The van der Waals surface area contributed by atoms with Crippen molar-refractivity contribution in [3.63, 3.8) is 0 Å². The summed E-state index contributed by atoms with van der Waals surface area (Å²) in [4.78, 5) is 12.6. The predicted molar refractivity (Wildman–Crippen MR) is 110 cm³/mol. The van der Waals surface area contributed by atoms with Crippen LogP contribution in [0.25, 0.3) is 0 Å². The molecule has 0 aliphatic rings. The molecule has 1 amide bonds. The van der Waals surface area contributed by atoms with Gasteiger partial charge >= 0.3 is 0 Å². The Kier molecular flexibility index (Phi) is 6.66. The smallest absolute Gasteiger partial charge is 0.255 e. The molecule has 0 atom stereocenters. The number of carbonyl (C=O) groups excluding carboxylic acids is 1. The third-order valence-corrected chi connectivity index (χ3v) is 4.49. The fraction of sp³-hybridized carbons (Fsp3) is 0.136. The maximum absolute atomic E-state index is 13.0. The molecule has 4 nitrogen and oxygen atoms in total. The van der Waals surface area contributed by atoms with E-state index in [2.05, 4.69) is 21.2 Å². The molecular weight excluding hydrogens is 425 g/mol. The maximum Gasteiger partial charge on any atom is 0.255 e. The molecule has 28 heavy (non-hydrogen) atoms. The summed E-state index contributed by atoms with van der Waals surface area (Å²) in [6.45, 7) is 2.68. The van der Waals surface area contributed by atoms with Gasteiger partial charge in [0.2, 0.25) is 0 Å². The number of carbonyl (C=O) groups is 1. The topological polar surface area (TPSA) is 47.6 Å². The van der Waals surface area contributed by atoms with Crippen molar-refractivity contribution < 1.29 is 18.7 Å². The van der Waals surface area contributed by atoms with Gasteiger partial charge in [-0.05, 0) is 64.8 Å². The Balaban J connectivity index is 1.83. The first kappa shape index (κ1) is 19.9. The summed E-state index contributed by atoms with van der Waals surface area (Å²) in [5.74, 6) is 0.305. The SMILES string of the molecule is CCOc1c(Br)cc(C(=O)Nc2ccc(F)cc2)cc1OCc1ccccc1. The third-order valence-electron chi connectivity index (χ3n) is 3.90. The van der Waals surface area contributed by atoms with Gasteiger partial charge in [-0.2, -0.15) is 0 Å². The van der Waals surface area contributed by atoms with Crippen LogP contribution in [-0.2, 0) is 6.61 Å². The molecule has 0 fully saturated rings. The summed E-state index contributed by atoms with van der Waals surface area (Å²) in [7, 11) is 0. The first-order valence-electron chi connectivity index (χ1n) is 8.77. The number of anilines is 1. The van der Waals surface area contributed by atoms with Gasteiger partial charge in [-0.25, -0.2) is 4.39 Å². The van der Waals surface area contributed by atoms with E-state index in [0.29, 0.717) is 40.4 Å². The Labute approximate surface area is 171 Å². The molecule has 0 saturated heterocycles. The zero-order valence-corrected chi connectivity index (χ0v) is 16.8. The lowest BCUT2D eigenvalue weighted by atomic mass is 10.1. The molecule has 3 aromatic rings. The fourth-order valence-electron chi connectivity index (χ4n) is 2.56. The van der Waals surface area contributed by atoms with Crippen molar-refractivity contribution in [2.45, 2.75) is 13.5 Å². The van der Waals surface area contributed by atoms with Gasteiger partial charge in [0.25, 0.3) is 5.91 Å². The molecule has 0 aliphatic carbocycles. The third kappa shape index (κ3) is 5.10. The van der Waals surface area contributed by atoms with Crippen molar-refractivity contribution in [3.8, 4) is 11.5 Å². The Morgan fingerprint density at radius 2 is 1.75 bits per heavy atom. The first-order valence-corrected chi connectivity index (χ1v) is 9.56. The monoisotopic (exact) mass is 443 g/mol. The van der Waals surface area contributed by atoms with Crippen LogP contribution in [0.2, 0.25) is 0 Å². The molecule has 6 heteroatoms. The molecule has 144 valence electrons. The second-order valence-corrected chi connectivity index (χ2v) is 6.81. The fourth-order valence-corrected chi connectivity index (χ4v) is 3.12. The molecule has 0 saturated carbocycles. The minimum Gasteiger partial charge on any atom is -0.489 e. The molecule has 0 heterocycles. The lowest BCUT2D eigenvalue weighted by molar-refractivity contribution is 0.102. The number of rotatable bonds is 7. The summed E-state index contributed by atoms with van der Waals surface area (Å²) in [6, 6.07) is 18.6. The van der Waals surface area contributed by atoms with Gasteiger partial charge in [0.1, 0.15) is 12.4 Å². The molecule has 3 aromatic carbocycles. The second-order valence-electron chi connectivity index (χ2n) is 5.95. The second kappa shape index (κ2) is 9.37. The highest BCUT2D eigenvalue weighted by Crippen LogP contribution is 2.37. The number of amides is 1. The normalized spacial score (nSPS) is 10.4. The summed E-state index contributed by atoms with van der Waals surface area (Å²) in [6.07, 6.45) is 0. The van der Waals surface area contributed by atoms with E-state index in [9.17, 15) is 9.18 Å². The maximum atomic E-state index is 13.0. The van der Waals surface area contributed by atoms with Gasteiger partial charge in [0.05, 0.1) is 11.1 Å². The Bertz CT molecular complexity index is 946. The molecule has 3 rings (SSSR count). The standard InChI is InChI=1S/C22H19BrFNO3/c1-2-27-21-19(23)12-16(22(26)25-18-10-8-17(24)9-11-18)13-20(21)28-14-15-6-4-3-5-7-15/h3-13H,2,14H2,1H3,(H,25,26). The Morgan fingerprint density at radius 3 is 2.43 bits per heavy atom. The Hall–Kier alpha value is -2.86. The van der Waals surface area contributed by atoms with E-state index < -0.39 is 0 Å². The van der Waals surface area contributed by atoms with Crippen molar-refractivity contribution >= 4 is 27.5 Å². The number of hydrogen-bond donors (Lipinski definition) is 1. The number of benzene rings is 3. The first-order chi connectivity index (χ1) is 13.6. The van der Waals surface area contributed by atoms with E-state index in [-0.39, 0.29) is 11.7 Å². The molecule has 0 aliphatic heterocycles. The highest BCUT2D eigenvalue weighted by molar-refractivity contribution is 9.10. The predicted octanol–water partition coefficient (Wildman–Crippen LogP) is 5.82. The highest BCUT2D eigenvalue weighted by Gasteiger charge is 2.16. The summed E-state index contributed by atoms with van der Waals surface area (Å²) in [5, 5.41) is 2.74. The van der Waals surface area contributed by atoms with Crippen LogP contribution in [-0.4, -0.2) is 12.5 Å². The van der Waals surface area contributed by atoms with E-state index in [1.807, 2.05) is 37.3 Å². The molecule has 1 N–H and O–H groups in total. The number of ether oxygens (including phenoxy) is 2. The van der Waals surface area contributed by atoms with Gasteiger partial charge in [-0.15, -0.1) is 0 Å². The van der Waals surface area contributed by atoms with Crippen molar-refractivity contribution in [1.29, 1.82) is 0 Å². The van der Waals surface area contributed by atoms with Crippen molar-refractivity contribution in [3.05, 3.63) is 88.1 Å². The average Bonchev–Trinajstić information content (AvgIpc) is 2.70. The minimum atomic E-state index is -0.363. The van der Waals surface area contributed by atoms with Gasteiger partial charge in [0.15, 0.2) is 11.5 Å². The molecule has 0 spiro atoms. The van der Waals surface area contributed by atoms with E-state index in [1.54, 1.807) is 12.1 Å². The van der Waals surface area contributed by atoms with E-state index in [1.165, 1.54) is 24.3 Å². The van der Waals surface area contributed by atoms with Crippen LogP contribution < -0.4 is 14.8 Å². The lowest BCUT2D eigenvalue weighted by Crippen LogP contribution is -2.12. The molecule has 0 bridgehead atoms. The van der Waals surface area contributed by atoms with Crippen LogP contribution in [0.5, 0.6) is 11.5 Å². The van der Waals surface area contributed by atoms with Crippen LogP contribution in [0, 0.1) is 5.82 Å². The van der Waals surface area contributed by atoms with Crippen molar-refractivity contribution in [1.82, 2.24) is 0 Å². The van der Waals surface area contributed by atoms with Crippen molar-refractivity contribution in [2.75, 3.05) is 11.9 Å². The van der Waals surface area contributed by atoms with E-state index in [4.69, 9.17) is 9.47 Å². The number of nitrogens with one attached hydrogen (secondary N) is 1. The molecule has 0 radical (unpaired) electrons. The summed E-state index contributed by atoms with van der Waals surface area (Å²) >= 11 is 3.45. The zero-order valence-electron chi connectivity index (χ0n) is 15.2.